The van der Waals surface area contributed by atoms with E-state index >= 15 is 0 Å². The van der Waals surface area contributed by atoms with E-state index < -0.39 is 0 Å². The molecule has 1 heterocycles. The Bertz CT molecular complexity index is 512. The molecule has 0 atom stereocenters. The molecule has 0 amide bonds. The highest BCUT2D eigenvalue weighted by Gasteiger charge is 2.27. The van der Waals surface area contributed by atoms with Gasteiger partial charge in [-0.15, -0.1) is 0 Å². The van der Waals surface area contributed by atoms with Crippen molar-refractivity contribution in [3.63, 3.8) is 0 Å². The Hall–Kier alpha value is -1.22. The number of hydrogen-bond acceptors (Lipinski definition) is 1. The molecule has 0 N–H and O–H groups in total. The summed E-state index contributed by atoms with van der Waals surface area (Å²) in [4.78, 5) is 0. The van der Waals surface area contributed by atoms with E-state index in [9.17, 15) is 0 Å². The fraction of sp³-hybridized carbons (Fsp3) is 0. The number of para-hydroxylation sites is 1. The lowest BCUT2D eigenvalue weighted by atomic mass is 9.78. The smallest absolute Gasteiger partial charge is 0.471 e. The van der Waals surface area contributed by atoms with E-state index in [0.29, 0.717) is 0 Å². The summed E-state index contributed by atoms with van der Waals surface area (Å²) in [7, 11) is 0. The maximum absolute atomic E-state index is 5.77. The zero-order valence-corrected chi connectivity index (χ0v) is 9.57. The van der Waals surface area contributed by atoms with Gasteiger partial charge in [0.1, 0.15) is 5.75 Å². The molecule has 0 bridgehead atoms. The fourth-order valence-corrected chi connectivity index (χ4v) is 2.51. The number of fused-ring (bicyclic) bond motifs is 3. The van der Waals surface area contributed by atoms with Gasteiger partial charge in [0.2, 0.25) is 0 Å². The fourth-order valence-electron chi connectivity index (χ4n) is 1.91. The maximum atomic E-state index is 5.77. The van der Waals surface area contributed by atoms with E-state index in [1.165, 1.54) is 16.6 Å². The number of hydrogen-bond donors (Lipinski definition) is 0. The van der Waals surface area contributed by atoms with Crippen molar-refractivity contribution in [3.8, 4) is 16.9 Å². The van der Waals surface area contributed by atoms with Crippen LogP contribution in [0, 0.1) is 0 Å². The van der Waals surface area contributed by atoms with Gasteiger partial charge in [0, 0.05) is 5.56 Å². The Labute approximate surface area is 97.2 Å². The molecule has 0 spiro atoms. The van der Waals surface area contributed by atoms with E-state index in [2.05, 4.69) is 40.0 Å². The van der Waals surface area contributed by atoms with Gasteiger partial charge in [0.05, 0.1) is 0 Å². The predicted octanol–water partition coefficient (Wildman–Crippen LogP) is 2.84. The summed E-state index contributed by atoms with van der Waals surface area (Å²) in [6.07, 6.45) is 0. The largest absolute Gasteiger partial charge is 0.546 e. The van der Waals surface area contributed by atoms with Crippen LogP contribution in [0.5, 0.6) is 5.75 Å². The zero-order chi connectivity index (χ0) is 10.3. The van der Waals surface area contributed by atoms with Crippen molar-refractivity contribution in [1.82, 2.24) is 0 Å². The van der Waals surface area contributed by atoms with Crippen LogP contribution in [-0.2, 0) is 0 Å². The normalized spacial score (nSPS) is 12.7. The van der Waals surface area contributed by atoms with E-state index in [0.717, 1.165) is 5.75 Å². The minimum atomic E-state index is -0.0383. The molecule has 1 nitrogen and oxygen atoms in total. The first kappa shape index (κ1) is 9.04. The third-order valence-electron chi connectivity index (χ3n) is 2.61. The lowest BCUT2D eigenvalue weighted by Gasteiger charge is -2.22. The van der Waals surface area contributed by atoms with Crippen molar-refractivity contribution < 1.29 is 4.65 Å². The highest BCUT2D eigenvalue weighted by molar-refractivity contribution is 9.24. The standard InChI is InChI=1S/C12H8BBrO/c14-13-11-7-3-1-5-9(11)10-6-2-4-8-12(10)15-13/h1-8H. The topological polar surface area (TPSA) is 9.23 Å². The highest BCUT2D eigenvalue weighted by Crippen LogP contribution is 2.33. The average Bonchev–Trinajstić information content (AvgIpc) is 2.30. The molecule has 0 radical (unpaired) electrons. The van der Waals surface area contributed by atoms with Gasteiger partial charge in [-0.1, -0.05) is 58.2 Å². The summed E-state index contributed by atoms with van der Waals surface area (Å²) in [6, 6.07) is 16.4. The van der Waals surface area contributed by atoms with Crippen LogP contribution in [0.3, 0.4) is 0 Å². The minimum Gasteiger partial charge on any atom is -0.546 e. The van der Waals surface area contributed by atoms with E-state index in [1.54, 1.807) is 0 Å². The van der Waals surface area contributed by atoms with Gasteiger partial charge < -0.3 is 4.65 Å². The monoisotopic (exact) mass is 258 g/mol. The summed E-state index contributed by atoms with van der Waals surface area (Å²) in [5.74, 6) is 0.943. The van der Waals surface area contributed by atoms with Crippen LogP contribution in [0.2, 0.25) is 0 Å². The summed E-state index contributed by atoms with van der Waals surface area (Å²) in [5, 5.41) is 0. The summed E-state index contributed by atoms with van der Waals surface area (Å²) in [5.41, 5.74) is 3.57. The number of halogens is 1. The molecule has 0 fully saturated rings. The van der Waals surface area contributed by atoms with Crippen LogP contribution >= 0.6 is 15.8 Å². The zero-order valence-electron chi connectivity index (χ0n) is 7.98. The van der Waals surface area contributed by atoms with Gasteiger partial charge in [-0.25, -0.2) is 0 Å². The van der Waals surface area contributed by atoms with E-state index in [1.807, 2.05) is 24.3 Å². The van der Waals surface area contributed by atoms with Crippen molar-refractivity contribution in [2.75, 3.05) is 0 Å². The van der Waals surface area contributed by atoms with Crippen LogP contribution in [0.15, 0.2) is 48.5 Å². The molecule has 0 unspecified atom stereocenters. The van der Waals surface area contributed by atoms with Crippen LogP contribution in [-0.4, -0.2) is 5.74 Å². The molecule has 1 aliphatic heterocycles. The van der Waals surface area contributed by atoms with Crippen molar-refractivity contribution in [2.24, 2.45) is 0 Å². The molecule has 1 aliphatic rings. The van der Waals surface area contributed by atoms with Crippen LogP contribution in [0.4, 0.5) is 0 Å². The molecule has 2 aromatic carbocycles. The van der Waals surface area contributed by atoms with Crippen LogP contribution in [0.25, 0.3) is 11.1 Å². The van der Waals surface area contributed by atoms with Gasteiger partial charge in [-0.3, -0.25) is 0 Å². The van der Waals surface area contributed by atoms with E-state index in [-0.39, 0.29) is 5.74 Å². The molecular weight excluding hydrogens is 251 g/mol. The average molecular weight is 259 g/mol. The lowest BCUT2D eigenvalue weighted by molar-refractivity contribution is 0.599. The second-order valence-electron chi connectivity index (χ2n) is 3.52. The van der Waals surface area contributed by atoms with Crippen molar-refractivity contribution in [1.29, 1.82) is 0 Å². The molecule has 0 saturated carbocycles. The van der Waals surface area contributed by atoms with Crippen LogP contribution in [0.1, 0.15) is 0 Å². The van der Waals surface area contributed by atoms with E-state index in [4.69, 9.17) is 4.65 Å². The third kappa shape index (κ3) is 1.38. The molecule has 0 aromatic heterocycles. The molecule has 2 aromatic rings. The third-order valence-corrected chi connectivity index (χ3v) is 3.29. The molecule has 3 heteroatoms. The molecular formula is C12H8BBrO. The number of benzene rings is 2. The van der Waals surface area contributed by atoms with Gasteiger partial charge >= 0.3 is 5.74 Å². The predicted molar refractivity (Wildman–Crippen MR) is 66.8 cm³/mol. The Morgan fingerprint density at radius 2 is 1.53 bits per heavy atom. The first-order chi connectivity index (χ1) is 7.36. The second-order valence-corrected chi connectivity index (χ2v) is 4.35. The quantitative estimate of drug-likeness (QED) is 0.661. The summed E-state index contributed by atoms with van der Waals surface area (Å²) in [6.45, 7) is 0. The Morgan fingerprint density at radius 1 is 0.867 bits per heavy atom. The molecule has 72 valence electrons. The summed E-state index contributed by atoms with van der Waals surface area (Å²) < 4.78 is 5.77. The Morgan fingerprint density at radius 3 is 2.40 bits per heavy atom. The maximum Gasteiger partial charge on any atom is 0.471 e. The van der Waals surface area contributed by atoms with Gasteiger partial charge in [0.15, 0.2) is 0 Å². The highest BCUT2D eigenvalue weighted by atomic mass is 79.9. The van der Waals surface area contributed by atoms with Gasteiger partial charge in [-0.2, -0.15) is 0 Å². The first-order valence-electron chi connectivity index (χ1n) is 4.85. The second kappa shape index (κ2) is 3.42. The SMILES string of the molecule is BrB1Oc2ccccc2-c2ccccc21. The number of rotatable bonds is 0. The molecule has 0 saturated heterocycles. The van der Waals surface area contributed by atoms with Crippen molar-refractivity contribution in [3.05, 3.63) is 48.5 Å². The van der Waals surface area contributed by atoms with Crippen LogP contribution < -0.4 is 10.1 Å². The lowest BCUT2D eigenvalue weighted by Crippen LogP contribution is -2.35. The van der Waals surface area contributed by atoms with Crippen molar-refractivity contribution in [2.45, 2.75) is 0 Å². The van der Waals surface area contributed by atoms with Gasteiger partial charge in [0.25, 0.3) is 0 Å². The van der Waals surface area contributed by atoms with Gasteiger partial charge in [-0.05, 0) is 17.1 Å². The molecule has 3 rings (SSSR count). The van der Waals surface area contributed by atoms with Crippen molar-refractivity contribution >= 4 is 27.0 Å². The summed E-state index contributed by atoms with van der Waals surface area (Å²) >= 11 is 3.53. The molecule has 15 heavy (non-hydrogen) atoms. The first-order valence-corrected chi connectivity index (χ1v) is 5.77. The Balaban J connectivity index is 2.30. The molecule has 0 aliphatic carbocycles. The minimum absolute atomic E-state index is 0.0383. The Kier molecular flexibility index (Phi) is 2.06.